The van der Waals surface area contributed by atoms with Gasteiger partial charge in [0.15, 0.2) is 0 Å². The molecule has 0 spiro atoms. The van der Waals surface area contributed by atoms with Gasteiger partial charge in [-0.1, -0.05) is 621 Å². The number of hydrogen-bond donors (Lipinski definition) is 0. The minimum Gasteiger partial charge on any atom is -0.0839 e. The Morgan fingerprint density at radius 1 is 0.136 bits per heavy atom. The Labute approximate surface area is 670 Å². The van der Waals surface area contributed by atoms with Crippen LogP contribution in [0.2, 0.25) is 0 Å². The summed E-state index contributed by atoms with van der Waals surface area (Å²) in [5.41, 5.74) is 0. The van der Waals surface area contributed by atoms with Gasteiger partial charge in [0.05, 0.1) is 4.83 Å². The Balaban J connectivity index is 4.95. The number of alkyl halides is 39. The van der Waals surface area contributed by atoms with E-state index in [4.69, 9.17) is 0 Å². The van der Waals surface area contributed by atoms with Gasteiger partial charge >= 0.3 is 0 Å². The molecule has 0 aromatic heterocycles. The van der Waals surface area contributed by atoms with E-state index in [-0.39, 0.29) is 0 Å². The van der Waals surface area contributed by atoms with Gasteiger partial charge in [-0.25, -0.2) is 0 Å². The van der Waals surface area contributed by atoms with Gasteiger partial charge in [-0.3, -0.25) is 0 Å². The molecule has 0 N–H and O–H groups in total. The molecule has 1 saturated carbocycles. The first-order chi connectivity index (χ1) is 24.7. The zero-order chi connectivity index (χ0) is 49.1. The molecule has 0 aromatic rings. The topological polar surface area (TPSA) is 0 Å². The molecule has 0 radical (unpaired) electrons. The Morgan fingerprint density at radius 2 is 0.203 bits per heavy atom. The molecule has 0 amide bonds. The molecule has 0 atom stereocenters. The summed E-state index contributed by atoms with van der Waals surface area (Å²) in [7, 11) is 0. The van der Waals surface area contributed by atoms with Crippen LogP contribution < -0.4 is 0 Å². The monoisotopic (exact) mass is 3320 g/mol. The van der Waals surface area contributed by atoms with E-state index in [1.165, 1.54) is 0 Å². The minimum absolute atomic E-state index is 0.694. The normalized spacial score (nSPS) is 33.8. The lowest BCUT2D eigenvalue weighted by atomic mass is 9.98. The van der Waals surface area contributed by atoms with Crippen LogP contribution in [-0.2, 0) is 0 Å². The maximum absolute atomic E-state index is 4.06. The van der Waals surface area contributed by atoms with Gasteiger partial charge in [0.1, 0.15) is 61.4 Å². The van der Waals surface area contributed by atoms with Crippen LogP contribution in [0.15, 0.2) is 0 Å². The van der Waals surface area contributed by atoms with Crippen LogP contribution in [0, 0.1) is 0 Å². The Bertz CT molecular complexity index is 1470. The van der Waals surface area contributed by atoms with Crippen molar-refractivity contribution in [1.29, 1.82) is 0 Å². The molecule has 0 unspecified atom stereocenters. The van der Waals surface area contributed by atoms with Crippen LogP contribution in [0.1, 0.15) is 0 Å². The van der Waals surface area contributed by atoms with E-state index in [0.29, 0.717) is 0 Å². The van der Waals surface area contributed by atoms with E-state index in [0.717, 1.165) is 0 Å². The number of hydrogen-bond acceptors (Lipinski definition) is 0. The molecule has 0 heterocycles. The lowest BCUT2D eigenvalue weighted by molar-refractivity contribution is 0.500. The van der Waals surface area contributed by atoms with Crippen LogP contribution >= 0.6 is 621 Å². The highest BCUT2D eigenvalue weighted by Gasteiger charge is 2.86. The smallest absolute Gasteiger partial charge is 0.0839 e. The highest BCUT2D eigenvalue weighted by molar-refractivity contribution is 9.41. The molecule has 1 fully saturated rings. The molecule has 39 heteroatoms. The fourth-order valence-corrected chi connectivity index (χ4v) is 47.7. The van der Waals surface area contributed by atoms with Crippen LogP contribution in [0.4, 0.5) is 0 Å². The number of rotatable bonds is 0. The van der Waals surface area contributed by atoms with E-state index in [1.807, 2.05) is 0 Å². The fourth-order valence-electron chi connectivity index (χ4n) is 3.92. The van der Waals surface area contributed by atoms with E-state index in [1.54, 1.807) is 0 Å². The zero-order valence-corrected chi connectivity index (χ0v) is 86.7. The average molecular weight is 3360 g/mol. The Hall–Kier alpha value is 18.7. The zero-order valence-electron chi connectivity index (χ0n) is 24.8. The second kappa shape index (κ2) is 23.9. The average Bonchev–Trinajstić information content (AvgIpc) is 3.01. The van der Waals surface area contributed by atoms with Gasteiger partial charge in [-0.15, -0.1) is 0 Å². The molecule has 1 aliphatic rings. The second-order valence-corrected chi connectivity index (χ2v) is 78.0. The summed E-state index contributed by atoms with van der Waals surface area (Å²) in [5.74, 6) is 0. The van der Waals surface area contributed by atoms with E-state index in [2.05, 4.69) is 621 Å². The predicted molar refractivity (Wildman–Crippen MR) is 404 cm³/mol. The van der Waals surface area contributed by atoms with Crippen molar-refractivity contribution in [2.24, 2.45) is 0 Å². The standard InChI is InChI=1S/C20HBr39/c21-1-2(22,23)4(26,27)6(30,31)8(34,35)10(38,39)12(42,43)14(46,47)16(50,51)18(54,55)20(58,59)19(56,57)17(52,53)15(48,49)13(44,45)11(40,41)9(36,37)7(32,33)5(28,29)3(1,24)25/h1H. The van der Waals surface area contributed by atoms with Crippen molar-refractivity contribution in [2.45, 2.75) is 66.3 Å². The van der Waals surface area contributed by atoms with Gasteiger partial charge in [0.25, 0.3) is 0 Å². The molecule has 1 rings (SSSR count). The van der Waals surface area contributed by atoms with Gasteiger partial charge in [0.2, 0.25) is 0 Å². The van der Waals surface area contributed by atoms with Crippen LogP contribution in [0.25, 0.3) is 0 Å². The first kappa shape index (κ1) is 75.7. The molecular formula is C20HBr39. The SMILES string of the molecule is BrC1C(Br)(Br)C(Br)(Br)C(Br)(Br)C(Br)(Br)C(Br)(Br)C(Br)(Br)C(Br)(Br)C(Br)(Br)C(Br)(Br)C(Br)(Br)C(Br)(Br)C(Br)(Br)C(Br)(Br)C(Br)(Br)C(Br)(Br)C(Br)(Br)C(Br)(Br)C(Br)(Br)C1(Br)Br. The first-order valence-electron chi connectivity index (χ1n) is 12.5. The maximum atomic E-state index is 4.06. The molecule has 0 nitrogen and oxygen atoms in total. The quantitative estimate of drug-likeness (QED) is 0.212. The van der Waals surface area contributed by atoms with E-state index >= 15 is 0 Å². The van der Waals surface area contributed by atoms with Crippen LogP contribution in [-0.4, -0.2) is 66.3 Å². The summed E-state index contributed by atoms with van der Waals surface area (Å²) in [6, 6.07) is 0. The van der Waals surface area contributed by atoms with Gasteiger partial charge in [0, 0.05) is 0 Å². The van der Waals surface area contributed by atoms with Crippen molar-refractivity contribution >= 4 is 621 Å². The van der Waals surface area contributed by atoms with E-state index in [9.17, 15) is 0 Å². The van der Waals surface area contributed by atoms with Crippen molar-refractivity contribution < 1.29 is 0 Å². The summed E-state index contributed by atoms with van der Waals surface area (Å²) in [6.07, 6.45) is 0. The summed E-state index contributed by atoms with van der Waals surface area (Å²) in [5, 5.41) is 0. The molecule has 0 aromatic carbocycles. The Kier molecular flexibility index (Phi) is 30.7. The third kappa shape index (κ3) is 11.5. The second-order valence-electron chi connectivity index (χ2n) is 11.4. The van der Waals surface area contributed by atoms with Gasteiger partial charge in [-0.05, 0) is 0 Å². The molecule has 59 heavy (non-hydrogen) atoms. The summed E-state index contributed by atoms with van der Waals surface area (Å²) in [6.45, 7) is 0. The third-order valence-electron chi connectivity index (χ3n) is 7.78. The van der Waals surface area contributed by atoms with Crippen molar-refractivity contribution in [3.8, 4) is 0 Å². The third-order valence-corrected chi connectivity index (χ3v) is 94.7. The van der Waals surface area contributed by atoms with Crippen LogP contribution in [0.3, 0.4) is 0 Å². The van der Waals surface area contributed by atoms with Crippen molar-refractivity contribution in [3.63, 3.8) is 0 Å². The predicted octanol–water partition coefficient (Wildman–Crippen LogP) is 29.0. The van der Waals surface area contributed by atoms with Crippen molar-refractivity contribution in [1.82, 2.24) is 0 Å². The highest BCUT2D eigenvalue weighted by atomic mass is 80.0. The van der Waals surface area contributed by atoms with Crippen molar-refractivity contribution in [2.75, 3.05) is 0 Å². The molecule has 0 aliphatic heterocycles. The molecule has 0 saturated heterocycles. The highest BCUT2D eigenvalue weighted by Crippen LogP contribution is 2.85. The molecule has 0 bridgehead atoms. The number of halogens is 39. The largest absolute Gasteiger partial charge is 0.135 e. The van der Waals surface area contributed by atoms with E-state index < -0.39 is 66.3 Å². The maximum Gasteiger partial charge on any atom is 0.135 e. The first-order valence-corrected chi connectivity index (χ1v) is 43.5. The molecule has 354 valence electrons. The lowest BCUT2D eigenvalue weighted by Crippen LogP contribution is -2.75. The minimum atomic E-state index is -1.36. The molecular weight excluding hydrogens is 3360 g/mol. The Morgan fingerprint density at radius 3 is 0.288 bits per heavy atom. The molecule has 1 aliphatic carbocycles. The fraction of sp³-hybridized carbons (Fsp3) is 1.00. The van der Waals surface area contributed by atoms with Gasteiger partial charge in [-0.2, -0.15) is 0 Å². The van der Waals surface area contributed by atoms with Crippen LogP contribution in [0.5, 0.6) is 0 Å². The summed E-state index contributed by atoms with van der Waals surface area (Å²) in [4.78, 5) is -0.694. The van der Waals surface area contributed by atoms with Gasteiger partial charge < -0.3 is 0 Å². The van der Waals surface area contributed by atoms with Crippen molar-refractivity contribution in [3.05, 3.63) is 0 Å². The lowest BCUT2D eigenvalue weighted by Gasteiger charge is -2.63. The summed E-state index contributed by atoms with van der Waals surface area (Å²) >= 11 is 158. The summed E-state index contributed by atoms with van der Waals surface area (Å²) < 4.78 is -25.2.